The van der Waals surface area contributed by atoms with Crippen LogP contribution in [-0.4, -0.2) is 23.0 Å². The summed E-state index contributed by atoms with van der Waals surface area (Å²) in [5.41, 5.74) is 0.824. The van der Waals surface area contributed by atoms with Crippen LogP contribution in [-0.2, 0) is 0 Å². The minimum Gasteiger partial charge on any atom is -0.293 e. The molecule has 0 amide bonds. The molecule has 0 N–H and O–H groups in total. The number of benzene rings is 2. The van der Waals surface area contributed by atoms with E-state index < -0.39 is 34.9 Å². The molecular formula is C17H11Cl2NO4. The lowest BCUT2D eigenvalue weighted by Crippen LogP contribution is -2.29. The summed E-state index contributed by atoms with van der Waals surface area (Å²) in [6.45, 7) is -0.612. The van der Waals surface area contributed by atoms with E-state index in [1.165, 1.54) is 12.1 Å². The van der Waals surface area contributed by atoms with Gasteiger partial charge in [0.25, 0.3) is 0 Å². The van der Waals surface area contributed by atoms with Crippen LogP contribution in [0.4, 0.5) is 0 Å². The number of ketones is 2. The molecule has 0 aliphatic heterocycles. The number of nitro groups is 1. The molecule has 0 bridgehead atoms. The molecule has 1 atom stereocenters. The summed E-state index contributed by atoms with van der Waals surface area (Å²) in [5.74, 6) is -3.07. The Morgan fingerprint density at radius 1 is 0.958 bits per heavy atom. The van der Waals surface area contributed by atoms with Gasteiger partial charge in [-0.25, -0.2) is 0 Å². The Kier molecular flexibility index (Phi) is 4.39. The van der Waals surface area contributed by atoms with Crippen molar-refractivity contribution in [3.63, 3.8) is 0 Å². The average Bonchev–Trinajstić information content (AvgIpc) is 2.78. The maximum Gasteiger partial charge on any atom is 0.211 e. The Morgan fingerprint density at radius 2 is 1.46 bits per heavy atom. The third kappa shape index (κ3) is 2.70. The zero-order valence-corrected chi connectivity index (χ0v) is 13.8. The fraction of sp³-hybridized carbons (Fsp3) is 0.176. The molecule has 0 saturated carbocycles. The smallest absolute Gasteiger partial charge is 0.211 e. The number of fused-ring (bicyclic) bond motifs is 1. The lowest BCUT2D eigenvalue weighted by atomic mass is 9.82. The van der Waals surface area contributed by atoms with Gasteiger partial charge in [0.15, 0.2) is 11.6 Å². The minimum absolute atomic E-state index is 0.200. The Morgan fingerprint density at radius 3 is 1.92 bits per heavy atom. The van der Waals surface area contributed by atoms with Gasteiger partial charge in [-0.1, -0.05) is 53.5 Å². The van der Waals surface area contributed by atoms with Gasteiger partial charge in [0, 0.05) is 31.7 Å². The zero-order chi connectivity index (χ0) is 17.4. The highest BCUT2D eigenvalue weighted by Crippen LogP contribution is 2.41. The summed E-state index contributed by atoms with van der Waals surface area (Å²) in [6, 6.07) is 11.1. The van der Waals surface area contributed by atoms with Crippen LogP contribution in [0.25, 0.3) is 0 Å². The predicted octanol–water partition coefficient (Wildman–Crippen LogP) is 4.05. The van der Waals surface area contributed by atoms with Gasteiger partial charge in [-0.3, -0.25) is 19.7 Å². The van der Waals surface area contributed by atoms with Crippen molar-refractivity contribution >= 4 is 34.8 Å². The molecule has 0 radical (unpaired) electrons. The van der Waals surface area contributed by atoms with Crippen molar-refractivity contribution in [2.75, 3.05) is 6.54 Å². The van der Waals surface area contributed by atoms with E-state index in [1.54, 1.807) is 30.3 Å². The van der Waals surface area contributed by atoms with Gasteiger partial charge < -0.3 is 0 Å². The van der Waals surface area contributed by atoms with Gasteiger partial charge in [-0.15, -0.1) is 0 Å². The number of hydrogen-bond acceptors (Lipinski definition) is 4. The molecular weight excluding hydrogens is 353 g/mol. The number of nitrogens with zero attached hydrogens (tertiary/aromatic N) is 1. The predicted molar refractivity (Wildman–Crippen MR) is 89.7 cm³/mol. The van der Waals surface area contributed by atoms with E-state index in [4.69, 9.17) is 23.2 Å². The third-order valence-corrected chi connectivity index (χ3v) is 4.80. The second kappa shape index (κ2) is 6.34. The number of carbonyl (C=O) groups excluding carboxylic acids is 2. The van der Waals surface area contributed by atoms with Crippen LogP contribution >= 0.6 is 23.2 Å². The van der Waals surface area contributed by atoms with Crippen LogP contribution < -0.4 is 0 Å². The zero-order valence-electron chi connectivity index (χ0n) is 12.2. The number of Topliss-reactive ketones (excluding diaryl/α,β-unsaturated/α-hetero) is 2. The summed E-state index contributed by atoms with van der Waals surface area (Å²) >= 11 is 12.3. The lowest BCUT2D eigenvalue weighted by molar-refractivity contribution is -0.484. The van der Waals surface area contributed by atoms with Gasteiger partial charge in [-0.2, -0.15) is 0 Å². The first-order valence-corrected chi connectivity index (χ1v) is 7.90. The third-order valence-electron chi connectivity index (χ3n) is 4.14. The van der Waals surface area contributed by atoms with Crippen molar-refractivity contribution in [2.45, 2.75) is 5.92 Å². The van der Waals surface area contributed by atoms with Crippen molar-refractivity contribution < 1.29 is 14.5 Å². The standard InChI is InChI=1S/C17H11Cl2NO4/c18-12-6-3-7-13(19)14(12)11(8-20(23)24)15-16(21)9-4-1-2-5-10(9)17(15)22/h1-7,11,15H,8H2/t11-/m1/s1. The molecule has 7 heteroatoms. The molecule has 0 saturated heterocycles. The van der Waals surface area contributed by atoms with E-state index >= 15 is 0 Å². The van der Waals surface area contributed by atoms with Gasteiger partial charge in [-0.05, 0) is 12.1 Å². The van der Waals surface area contributed by atoms with Crippen molar-refractivity contribution in [3.05, 3.63) is 79.3 Å². The van der Waals surface area contributed by atoms with E-state index in [9.17, 15) is 19.7 Å². The SMILES string of the molecule is O=C1c2ccccc2C(=O)C1[C@H](C[N+](=O)[O-])c1c(Cl)cccc1Cl. The summed E-state index contributed by atoms with van der Waals surface area (Å²) in [4.78, 5) is 36.0. The van der Waals surface area contributed by atoms with Gasteiger partial charge in [0.05, 0.1) is 11.8 Å². The fourth-order valence-electron chi connectivity index (χ4n) is 3.12. The molecule has 24 heavy (non-hydrogen) atoms. The van der Waals surface area contributed by atoms with E-state index in [0.29, 0.717) is 0 Å². The van der Waals surface area contributed by atoms with E-state index in [0.717, 1.165) is 0 Å². The minimum atomic E-state index is -1.19. The van der Waals surface area contributed by atoms with Crippen molar-refractivity contribution in [1.29, 1.82) is 0 Å². The quantitative estimate of drug-likeness (QED) is 0.466. The first-order valence-electron chi connectivity index (χ1n) is 7.15. The lowest BCUT2D eigenvalue weighted by Gasteiger charge is -2.20. The topological polar surface area (TPSA) is 77.3 Å². The summed E-state index contributed by atoms with van der Waals surface area (Å²) in [5, 5.41) is 11.5. The van der Waals surface area contributed by atoms with Crippen LogP contribution in [0.1, 0.15) is 32.2 Å². The van der Waals surface area contributed by atoms with Gasteiger partial charge in [0.1, 0.15) is 0 Å². The van der Waals surface area contributed by atoms with Crippen LogP contribution in [0.15, 0.2) is 42.5 Å². The maximum absolute atomic E-state index is 12.7. The molecule has 122 valence electrons. The largest absolute Gasteiger partial charge is 0.293 e. The van der Waals surface area contributed by atoms with Gasteiger partial charge >= 0.3 is 0 Å². The Labute approximate surface area is 147 Å². The second-order valence-electron chi connectivity index (χ2n) is 5.51. The maximum atomic E-state index is 12.7. The summed E-state index contributed by atoms with van der Waals surface area (Å²) < 4.78 is 0. The number of rotatable bonds is 4. The second-order valence-corrected chi connectivity index (χ2v) is 6.32. The van der Waals surface area contributed by atoms with E-state index in [2.05, 4.69) is 0 Å². The Balaban J connectivity index is 2.14. The Hall–Kier alpha value is -2.24. The molecule has 5 nitrogen and oxygen atoms in total. The molecule has 1 aliphatic carbocycles. The molecule has 3 rings (SSSR count). The van der Waals surface area contributed by atoms with Crippen molar-refractivity contribution in [1.82, 2.24) is 0 Å². The number of halogens is 2. The molecule has 0 spiro atoms. The average molecular weight is 364 g/mol. The molecule has 1 aliphatic rings. The molecule has 0 aromatic heterocycles. The van der Waals surface area contributed by atoms with E-state index in [-0.39, 0.29) is 26.7 Å². The number of carbonyl (C=O) groups is 2. The highest BCUT2D eigenvalue weighted by atomic mass is 35.5. The van der Waals surface area contributed by atoms with Crippen LogP contribution in [0.2, 0.25) is 10.0 Å². The first kappa shape index (κ1) is 16.6. The number of hydrogen-bond donors (Lipinski definition) is 0. The fourth-order valence-corrected chi connectivity index (χ4v) is 3.80. The summed E-state index contributed by atoms with van der Waals surface area (Å²) in [7, 11) is 0. The van der Waals surface area contributed by atoms with Crippen LogP contribution in [0, 0.1) is 16.0 Å². The summed E-state index contributed by atoms with van der Waals surface area (Å²) in [6.07, 6.45) is 0. The van der Waals surface area contributed by atoms with Crippen LogP contribution in [0.3, 0.4) is 0 Å². The van der Waals surface area contributed by atoms with E-state index in [1.807, 2.05) is 0 Å². The molecule has 0 heterocycles. The first-order chi connectivity index (χ1) is 11.4. The van der Waals surface area contributed by atoms with Crippen LogP contribution in [0.5, 0.6) is 0 Å². The monoisotopic (exact) mass is 363 g/mol. The Bertz CT molecular complexity index is 810. The van der Waals surface area contributed by atoms with Gasteiger partial charge in [0.2, 0.25) is 6.54 Å². The van der Waals surface area contributed by atoms with Crippen molar-refractivity contribution in [2.24, 2.45) is 5.92 Å². The molecule has 0 unspecified atom stereocenters. The molecule has 2 aromatic carbocycles. The van der Waals surface area contributed by atoms with Crippen molar-refractivity contribution in [3.8, 4) is 0 Å². The molecule has 2 aromatic rings. The highest BCUT2D eigenvalue weighted by molar-refractivity contribution is 6.36. The highest BCUT2D eigenvalue weighted by Gasteiger charge is 2.46. The normalized spacial score (nSPS) is 15.4. The molecule has 0 fully saturated rings.